The SMILES string of the molecule is O=C(NC1CCC(CC2CCC(NC(=O)C(F)(F)C(F)(F)C(F)(F)C(F)(F)C(F)(F)C(F)(F)C(F)(F)C(F)F)CC2)CC1)C(F)(F)C(F)(F)C(F)(F)C(F)(F)C(F)(F)C(F)(F)C(F)(F)C(F)F. The average molecular weight is 1070 g/mol. The predicted molar refractivity (Wildman–Crippen MR) is 154 cm³/mol. The van der Waals surface area contributed by atoms with Gasteiger partial charge < -0.3 is 10.6 Å². The zero-order chi connectivity index (χ0) is 53.4. The third-order valence-electron chi connectivity index (χ3n) is 10.9. The van der Waals surface area contributed by atoms with Crippen molar-refractivity contribution in [2.24, 2.45) is 11.8 Å². The van der Waals surface area contributed by atoms with Gasteiger partial charge in [0.2, 0.25) is 0 Å². The number of rotatable bonds is 20. The topological polar surface area (TPSA) is 58.2 Å². The zero-order valence-corrected chi connectivity index (χ0v) is 31.7. The van der Waals surface area contributed by atoms with Crippen LogP contribution in [0.5, 0.6) is 0 Å². The largest absolute Gasteiger partial charge is 0.392 e. The van der Waals surface area contributed by atoms with Crippen molar-refractivity contribution in [1.82, 2.24) is 10.6 Å². The first-order valence-electron chi connectivity index (χ1n) is 17.8. The molecule has 0 atom stereocenters. The summed E-state index contributed by atoms with van der Waals surface area (Å²) in [5.74, 6) is -124. The molecule has 0 aromatic carbocycles. The van der Waals surface area contributed by atoms with Crippen LogP contribution in [-0.4, -0.2) is 120 Å². The summed E-state index contributed by atoms with van der Waals surface area (Å²) in [6, 6.07) is -3.65. The molecule has 2 fully saturated rings. The number of nitrogens with one attached hydrogen (secondary N) is 2. The van der Waals surface area contributed by atoms with Crippen molar-refractivity contribution in [3.8, 4) is 0 Å². The summed E-state index contributed by atoms with van der Waals surface area (Å²) in [5, 5.41) is 1.87. The molecule has 67 heavy (non-hydrogen) atoms. The highest BCUT2D eigenvalue weighted by Gasteiger charge is 2.96. The van der Waals surface area contributed by atoms with Crippen molar-refractivity contribution in [3.05, 3.63) is 0 Å². The molecule has 2 amide bonds. The summed E-state index contributed by atoms with van der Waals surface area (Å²) < 4.78 is 435. The summed E-state index contributed by atoms with van der Waals surface area (Å²) in [6.45, 7) is 0. The number of carbonyl (C=O) groups is 2. The molecule has 2 aliphatic carbocycles. The normalized spacial score (nSPS) is 22.6. The Labute approximate surface area is 350 Å². The highest BCUT2D eigenvalue weighted by atomic mass is 19.4. The maximum absolute atomic E-state index is 14.3. The van der Waals surface area contributed by atoms with E-state index in [1.807, 2.05) is 0 Å². The second-order valence-electron chi connectivity index (χ2n) is 15.4. The molecule has 0 radical (unpaired) electrons. The van der Waals surface area contributed by atoms with Crippen LogP contribution < -0.4 is 10.6 Å². The Hall–Kier alpha value is -3.30. The van der Waals surface area contributed by atoms with Crippen LogP contribution in [0.2, 0.25) is 0 Å². The summed E-state index contributed by atoms with van der Waals surface area (Å²) in [5.41, 5.74) is 0. The van der Waals surface area contributed by atoms with Crippen LogP contribution in [0.15, 0.2) is 0 Å². The maximum Gasteiger partial charge on any atom is 0.392 e. The zero-order valence-electron chi connectivity index (χ0n) is 31.7. The van der Waals surface area contributed by atoms with Gasteiger partial charge in [0.15, 0.2) is 0 Å². The van der Waals surface area contributed by atoms with Gasteiger partial charge >= 0.3 is 95.8 Å². The van der Waals surface area contributed by atoms with E-state index in [2.05, 4.69) is 0 Å². The van der Waals surface area contributed by atoms with Crippen molar-refractivity contribution in [1.29, 1.82) is 0 Å². The van der Waals surface area contributed by atoms with E-state index in [1.54, 1.807) is 0 Å². The Morgan fingerprint density at radius 1 is 0.328 bits per heavy atom. The van der Waals surface area contributed by atoms with Gasteiger partial charge in [0, 0.05) is 12.1 Å². The summed E-state index contributed by atoms with van der Waals surface area (Å²) in [6.07, 6.45) is -16.1. The van der Waals surface area contributed by atoms with Crippen molar-refractivity contribution < 1.29 is 150 Å². The van der Waals surface area contributed by atoms with Gasteiger partial charge in [-0.15, -0.1) is 0 Å². The van der Waals surface area contributed by atoms with Crippen LogP contribution in [-0.2, 0) is 9.59 Å². The summed E-state index contributed by atoms with van der Waals surface area (Å²) in [7, 11) is 0. The smallest absolute Gasteiger partial charge is 0.348 e. The Morgan fingerprint density at radius 3 is 0.731 bits per heavy atom. The van der Waals surface area contributed by atoms with Crippen LogP contribution >= 0.6 is 0 Å². The molecule has 0 aromatic heterocycles. The lowest BCUT2D eigenvalue weighted by atomic mass is 9.75. The summed E-state index contributed by atoms with van der Waals surface area (Å²) in [4.78, 5) is 23.8. The fourth-order valence-electron chi connectivity index (χ4n) is 6.66. The van der Waals surface area contributed by atoms with Crippen LogP contribution in [0.4, 0.5) is 140 Å². The minimum absolute atomic E-state index is 0.0840. The van der Waals surface area contributed by atoms with E-state index in [1.165, 1.54) is 0 Å². The fourth-order valence-corrected chi connectivity index (χ4v) is 6.66. The van der Waals surface area contributed by atoms with Gasteiger partial charge in [0.1, 0.15) is 0 Å². The lowest BCUT2D eigenvalue weighted by Gasteiger charge is -2.42. The number of alkyl halides is 32. The minimum Gasteiger partial charge on any atom is -0.348 e. The molecule has 2 aliphatic rings. The molecule has 0 spiro atoms. The monoisotopic (exact) mass is 1070 g/mol. The molecule has 2 N–H and O–H groups in total. The Morgan fingerprint density at radius 2 is 0.522 bits per heavy atom. The minimum atomic E-state index is -8.75. The standard InChI is InChI=1S/C31H26F32N2O2/c32-14(33)18(36,37)22(44,45)26(52,53)30(60,61)28(56,57)24(48,49)20(40,41)16(66)64-12-5-1-10(2-6-12)9-11-3-7-13(8-4-11)65-17(67)21(42,43)25(50,51)29(58,59)31(62,63)27(54,55)23(46,47)19(38,39)15(34)35/h10-15H,1-9H2,(H,64,66)(H,65,67). The first-order chi connectivity index (χ1) is 29.3. The fraction of sp³-hybridized carbons (Fsp3) is 0.935. The number of amides is 2. The Balaban J connectivity index is 2.09. The van der Waals surface area contributed by atoms with Crippen molar-refractivity contribution >= 4 is 11.8 Å². The highest BCUT2D eigenvalue weighted by molar-refractivity contribution is 5.85. The quantitative estimate of drug-likeness (QED) is 0.119. The van der Waals surface area contributed by atoms with Crippen LogP contribution in [0.1, 0.15) is 57.8 Å². The summed E-state index contributed by atoms with van der Waals surface area (Å²) >= 11 is 0. The van der Waals surface area contributed by atoms with E-state index < -0.39 is 157 Å². The molecule has 0 bridgehead atoms. The molecule has 2 saturated carbocycles. The third-order valence-corrected chi connectivity index (χ3v) is 10.9. The van der Waals surface area contributed by atoms with Gasteiger partial charge in [-0.1, -0.05) is 0 Å². The average Bonchev–Trinajstić information content (AvgIpc) is 3.18. The van der Waals surface area contributed by atoms with E-state index >= 15 is 0 Å². The molecule has 2 rings (SSSR count). The van der Waals surface area contributed by atoms with E-state index in [-0.39, 0.29) is 32.1 Å². The predicted octanol–water partition coefficient (Wildman–Crippen LogP) is 12.2. The molecule has 0 saturated heterocycles. The van der Waals surface area contributed by atoms with Gasteiger partial charge in [-0.2, -0.15) is 123 Å². The van der Waals surface area contributed by atoms with Crippen molar-refractivity contribution in [2.45, 2.75) is 166 Å². The number of carbonyl (C=O) groups excluding carboxylic acids is 2. The van der Waals surface area contributed by atoms with Crippen molar-refractivity contribution in [2.75, 3.05) is 0 Å². The lowest BCUT2D eigenvalue weighted by Crippen LogP contribution is -2.75. The first kappa shape index (κ1) is 59.8. The molecule has 0 aromatic rings. The van der Waals surface area contributed by atoms with Gasteiger partial charge in [-0.05, 0) is 69.6 Å². The van der Waals surface area contributed by atoms with Gasteiger partial charge in [-0.3, -0.25) is 9.59 Å². The van der Waals surface area contributed by atoms with E-state index in [9.17, 15) is 150 Å². The Kier molecular flexibility index (Phi) is 15.9. The van der Waals surface area contributed by atoms with E-state index in [4.69, 9.17) is 0 Å². The third kappa shape index (κ3) is 8.95. The molecule has 36 heteroatoms. The van der Waals surface area contributed by atoms with Crippen LogP contribution in [0.3, 0.4) is 0 Å². The number of hydrogen-bond acceptors (Lipinski definition) is 2. The van der Waals surface area contributed by atoms with E-state index in [0.717, 1.165) is 10.6 Å². The maximum atomic E-state index is 14.3. The molecule has 396 valence electrons. The highest BCUT2D eigenvalue weighted by Crippen LogP contribution is 2.65. The first-order valence-corrected chi connectivity index (χ1v) is 17.8. The van der Waals surface area contributed by atoms with Gasteiger partial charge in [0.05, 0.1) is 0 Å². The van der Waals surface area contributed by atoms with E-state index in [0.29, 0.717) is 0 Å². The van der Waals surface area contributed by atoms with Crippen LogP contribution in [0.25, 0.3) is 0 Å². The molecule has 0 aliphatic heterocycles. The number of halogens is 32. The van der Waals surface area contributed by atoms with Crippen LogP contribution in [0, 0.1) is 11.8 Å². The Bertz CT molecular complexity index is 1620. The molecular weight excluding hydrogens is 1040 g/mol. The molecule has 0 heterocycles. The lowest BCUT2D eigenvalue weighted by molar-refractivity contribution is -0.443. The molecule has 0 unspecified atom stereocenters. The van der Waals surface area contributed by atoms with Gasteiger partial charge in [0.25, 0.3) is 11.8 Å². The van der Waals surface area contributed by atoms with Gasteiger partial charge in [-0.25, -0.2) is 17.6 Å². The molecule has 4 nitrogen and oxygen atoms in total. The molecular formula is C31H26F32N2O2. The second kappa shape index (κ2) is 17.8. The second-order valence-corrected chi connectivity index (χ2v) is 15.4. The van der Waals surface area contributed by atoms with Crippen molar-refractivity contribution in [3.63, 3.8) is 0 Å². The number of hydrogen-bond donors (Lipinski definition) is 2.